The molecule has 0 aliphatic carbocycles. The second-order valence-corrected chi connectivity index (χ2v) is 8.21. The van der Waals surface area contributed by atoms with Crippen molar-refractivity contribution < 1.29 is 14.3 Å². The number of carbonyl (C=O) groups excluding carboxylic acids is 1. The molecular weight excluding hydrogens is 394 g/mol. The zero-order chi connectivity index (χ0) is 21.2. The second-order valence-electron chi connectivity index (χ2n) is 8.21. The lowest BCUT2D eigenvalue weighted by Gasteiger charge is -2.28. The molecule has 162 valence electrons. The van der Waals surface area contributed by atoms with Crippen molar-refractivity contribution in [3.8, 4) is 17.1 Å². The van der Waals surface area contributed by atoms with Gasteiger partial charge in [-0.3, -0.25) is 4.79 Å². The maximum Gasteiger partial charge on any atom is 0.240 e. The van der Waals surface area contributed by atoms with E-state index in [0.717, 1.165) is 61.6 Å². The lowest BCUT2D eigenvalue weighted by atomic mass is 10.1. The molecule has 1 amide bonds. The Labute approximate surface area is 181 Å². The summed E-state index contributed by atoms with van der Waals surface area (Å²) in [4.78, 5) is 18.6. The number of anilines is 1. The quantitative estimate of drug-likeness (QED) is 0.659. The highest BCUT2D eigenvalue weighted by molar-refractivity contribution is 5.78. The van der Waals surface area contributed by atoms with Crippen LogP contribution >= 0.6 is 0 Å². The molecule has 0 radical (unpaired) electrons. The van der Waals surface area contributed by atoms with Gasteiger partial charge in [-0.05, 0) is 31.4 Å². The van der Waals surface area contributed by atoms with Gasteiger partial charge in [-0.25, -0.2) is 9.50 Å². The van der Waals surface area contributed by atoms with E-state index in [2.05, 4.69) is 39.6 Å². The molecule has 1 atom stereocenters. The van der Waals surface area contributed by atoms with Crippen LogP contribution in [0.1, 0.15) is 18.4 Å². The van der Waals surface area contributed by atoms with Crippen LogP contribution in [-0.2, 0) is 9.53 Å². The van der Waals surface area contributed by atoms with Crippen molar-refractivity contribution in [2.45, 2.75) is 19.8 Å². The number of aryl methyl sites for hydroxylation is 1. The van der Waals surface area contributed by atoms with E-state index in [-0.39, 0.29) is 5.91 Å². The summed E-state index contributed by atoms with van der Waals surface area (Å²) in [6.07, 6.45) is 5.17. The van der Waals surface area contributed by atoms with Gasteiger partial charge >= 0.3 is 0 Å². The minimum atomic E-state index is 0.125. The fraction of sp³-hybridized carbons (Fsp3) is 0.435. The minimum absolute atomic E-state index is 0.125. The van der Waals surface area contributed by atoms with E-state index in [1.807, 2.05) is 23.8 Å². The third-order valence-electron chi connectivity index (χ3n) is 6.01. The van der Waals surface area contributed by atoms with Crippen molar-refractivity contribution in [3.63, 3.8) is 0 Å². The van der Waals surface area contributed by atoms with Crippen molar-refractivity contribution in [1.29, 1.82) is 0 Å². The zero-order valence-electron chi connectivity index (χ0n) is 17.7. The average Bonchev–Trinajstić information content (AvgIpc) is 3.39. The predicted molar refractivity (Wildman–Crippen MR) is 117 cm³/mol. The highest BCUT2D eigenvalue weighted by Gasteiger charge is 2.21. The smallest absolute Gasteiger partial charge is 0.240 e. The van der Waals surface area contributed by atoms with Gasteiger partial charge in [0, 0.05) is 42.9 Å². The summed E-state index contributed by atoms with van der Waals surface area (Å²) >= 11 is 0. The second kappa shape index (κ2) is 8.55. The number of amides is 1. The maximum absolute atomic E-state index is 11.4. The number of nitrogens with zero attached hydrogens (tertiary/aromatic N) is 4. The molecule has 5 rings (SSSR count). The van der Waals surface area contributed by atoms with Gasteiger partial charge in [-0.1, -0.05) is 12.1 Å². The minimum Gasteiger partial charge on any atom is -0.476 e. The fourth-order valence-corrected chi connectivity index (χ4v) is 4.22. The first kappa shape index (κ1) is 19.8. The van der Waals surface area contributed by atoms with Crippen molar-refractivity contribution >= 4 is 17.1 Å². The maximum atomic E-state index is 11.4. The molecule has 2 saturated heterocycles. The van der Waals surface area contributed by atoms with Crippen molar-refractivity contribution in [2.75, 3.05) is 44.4 Å². The summed E-state index contributed by atoms with van der Waals surface area (Å²) in [5, 5.41) is 7.35. The number of benzene rings is 1. The number of hydrogen-bond donors (Lipinski definition) is 1. The number of ether oxygens (including phenoxy) is 2. The van der Waals surface area contributed by atoms with Gasteiger partial charge in [-0.2, -0.15) is 5.10 Å². The molecule has 2 aromatic heterocycles. The third kappa shape index (κ3) is 4.20. The Balaban J connectivity index is 1.37. The van der Waals surface area contributed by atoms with Crippen molar-refractivity contribution in [1.82, 2.24) is 19.9 Å². The van der Waals surface area contributed by atoms with E-state index in [4.69, 9.17) is 14.5 Å². The molecule has 8 heteroatoms. The van der Waals surface area contributed by atoms with Gasteiger partial charge in [0.05, 0.1) is 37.9 Å². The highest BCUT2D eigenvalue weighted by atomic mass is 16.5. The third-order valence-corrected chi connectivity index (χ3v) is 6.01. The van der Waals surface area contributed by atoms with Crippen LogP contribution in [0, 0.1) is 12.8 Å². The Morgan fingerprint density at radius 1 is 1.23 bits per heavy atom. The normalized spacial score (nSPS) is 19.1. The van der Waals surface area contributed by atoms with Gasteiger partial charge in [0.25, 0.3) is 0 Å². The average molecular weight is 422 g/mol. The summed E-state index contributed by atoms with van der Waals surface area (Å²) in [5.41, 5.74) is 4.93. The van der Waals surface area contributed by atoms with E-state index in [1.165, 1.54) is 5.69 Å². The molecule has 4 heterocycles. The molecule has 1 N–H and O–H groups in total. The molecule has 2 fully saturated rings. The van der Waals surface area contributed by atoms with Crippen LogP contribution in [-0.4, -0.2) is 60.0 Å². The highest BCUT2D eigenvalue weighted by Crippen LogP contribution is 2.28. The number of aromatic nitrogens is 3. The molecule has 0 bridgehead atoms. The van der Waals surface area contributed by atoms with Crippen LogP contribution in [0.4, 0.5) is 5.69 Å². The van der Waals surface area contributed by atoms with Crippen LogP contribution in [0.5, 0.6) is 5.88 Å². The fourth-order valence-electron chi connectivity index (χ4n) is 4.22. The Morgan fingerprint density at radius 3 is 2.77 bits per heavy atom. The molecule has 1 aromatic carbocycles. The van der Waals surface area contributed by atoms with Crippen LogP contribution < -0.4 is 15.0 Å². The van der Waals surface area contributed by atoms with E-state index < -0.39 is 0 Å². The monoisotopic (exact) mass is 421 g/mol. The van der Waals surface area contributed by atoms with Crippen LogP contribution in [0.3, 0.4) is 0 Å². The number of nitrogens with one attached hydrogen (secondary N) is 1. The first-order chi connectivity index (χ1) is 15.2. The molecule has 2 aliphatic rings. The largest absolute Gasteiger partial charge is 0.476 e. The van der Waals surface area contributed by atoms with Crippen molar-refractivity contribution in [2.24, 2.45) is 5.92 Å². The number of hydrogen-bond acceptors (Lipinski definition) is 6. The van der Waals surface area contributed by atoms with Crippen LogP contribution in [0.2, 0.25) is 0 Å². The first-order valence-electron chi connectivity index (χ1n) is 10.8. The molecule has 2 aliphatic heterocycles. The lowest BCUT2D eigenvalue weighted by Crippen LogP contribution is -2.36. The summed E-state index contributed by atoms with van der Waals surface area (Å²) in [6, 6.07) is 8.45. The lowest BCUT2D eigenvalue weighted by molar-refractivity contribution is -0.119. The van der Waals surface area contributed by atoms with Gasteiger partial charge in [-0.15, -0.1) is 0 Å². The Hall–Kier alpha value is -3.13. The summed E-state index contributed by atoms with van der Waals surface area (Å²) in [5.74, 6) is 1.03. The molecular formula is C23H27N5O3. The van der Waals surface area contributed by atoms with E-state index in [0.29, 0.717) is 24.8 Å². The van der Waals surface area contributed by atoms with E-state index in [1.54, 1.807) is 0 Å². The number of morpholine rings is 1. The molecule has 8 nitrogen and oxygen atoms in total. The van der Waals surface area contributed by atoms with Crippen LogP contribution in [0.25, 0.3) is 16.8 Å². The SMILES string of the molecule is Cc1cnn2cc(-c3ccc(N4CCOCC4)cc3)nc(OCC[C@H]3CNC(=O)C3)c12. The van der Waals surface area contributed by atoms with E-state index in [9.17, 15) is 4.79 Å². The zero-order valence-corrected chi connectivity index (χ0v) is 17.7. The Kier molecular flexibility index (Phi) is 5.46. The predicted octanol–water partition coefficient (Wildman–Crippen LogP) is 2.45. The standard InChI is InChI=1S/C23H27N5O3/c1-16-13-25-28-15-20(18-2-4-19(5-3-18)27-7-10-30-11-8-27)26-23(22(16)28)31-9-6-17-12-21(29)24-14-17/h2-5,13,15,17H,6-12,14H2,1H3,(H,24,29)/t17-/m1/s1. The first-order valence-corrected chi connectivity index (χ1v) is 10.8. The van der Waals surface area contributed by atoms with Crippen LogP contribution in [0.15, 0.2) is 36.7 Å². The molecule has 31 heavy (non-hydrogen) atoms. The molecule has 0 saturated carbocycles. The topological polar surface area (TPSA) is 81.0 Å². The Bertz CT molecular complexity index is 1070. The van der Waals surface area contributed by atoms with Gasteiger partial charge in [0.2, 0.25) is 11.8 Å². The molecule has 3 aromatic rings. The van der Waals surface area contributed by atoms with E-state index >= 15 is 0 Å². The molecule has 0 unspecified atom stereocenters. The van der Waals surface area contributed by atoms with Crippen molar-refractivity contribution in [3.05, 3.63) is 42.2 Å². The summed E-state index contributed by atoms with van der Waals surface area (Å²) in [6.45, 7) is 6.62. The van der Waals surface area contributed by atoms with Gasteiger partial charge < -0.3 is 19.7 Å². The number of carbonyl (C=O) groups is 1. The number of rotatable bonds is 6. The van der Waals surface area contributed by atoms with Gasteiger partial charge in [0.15, 0.2) is 0 Å². The summed E-state index contributed by atoms with van der Waals surface area (Å²) in [7, 11) is 0. The Morgan fingerprint density at radius 2 is 2.03 bits per heavy atom. The number of fused-ring (bicyclic) bond motifs is 1. The molecule has 0 spiro atoms. The summed E-state index contributed by atoms with van der Waals surface area (Å²) < 4.78 is 13.4. The van der Waals surface area contributed by atoms with Gasteiger partial charge in [0.1, 0.15) is 5.52 Å².